The average Bonchev–Trinajstić information content (AvgIpc) is 2.62. The van der Waals surface area contributed by atoms with E-state index in [-0.39, 0.29) is 16.8 Å². The van der Waals surface area contributed by atoms with E-state index in [0.717, 1.165) is 25.9 Å². The maximum absolute atomic E-state index is 13.7. The van der Waals surface area contributed by atoms with Gasteiger partial charge in [0.05, 0.1) is 17.4 Å². The van der Waals surface area contributed by atoms with E-state index in [4.69, 9.17) is 0 Å². The second-order valence-corrected chi connectivity index (χ2v) is 6.53. The molecule has 0 saturated carbocycles. The summed E-state index contributed by atoms with van der Waals surface area (Å²) in [5.74, 6) is -1.55. The van der Waals surface area contributed by atoms with E-state index < -0.39 is 17.7 Å². The molecule has 0 spiro atoms. The van der Waals surface area contributed by atoms with Crippen molar-refractivity contribution in [3.63, 3.8) is 0 Å². The first-order valence-electron chi connectivity index (χ1n) is 8.50. The average molecular weight is 357 g/mol. The highest BCUT2D eigenvalue weighted by atomic mass is 19.1. The molecule has 6 nitrogen and oxygen atoms in total. The molecule has 1 aliphatic rings. The summed E-state index contributed by atoms with van der Waals surface area (Å²) >= 11 is 0. The quantitative estimate of drug-likeness (QED) is 0.876. The number of aromatic nitrogens is 1. The third-order valence-corrected chi connectivity index (χ3v) is 4.43. The molecule has 1 aromatic carbocycles. The molecule has 26 heavy (non-hydrogen) atoms. The lowest BCUT2D eigenvalue weighted by Crippen LogP contribution is -2.36. The molecule has 0 aliphatic carbocycles. The van der Waals surface area contributed by atoms with Crippen molar-refractivity contribution in [2.24, 2.45) is 5.92 Å². The van der Waals surface area contributed by atoms with Gasteiger partial charge < -0.3 is 15.3 Å². The fourth-order valence-corrected chi connectivity index (χ4v) is 3.16. The van der Waals surface area contributed by atoms with Crippen molar-refractivity contribution < 1.29 is 19.1 Å². The number of piperidine rings is 1. The third-order valence-electron chi connectivity index (χ3n) is 4.43. The maximum atomic E-state index is 13.7. The number of hydrogen-bond donors (Lipinski definition) is 2. The molecule has 3 rings (SSSR count). The zero-order valence-electron chi connectivity index (χ0n) is 14.4. The van der Waals surface area contributed by atoms with Gasteiger partial charge in [0.2, 0.25) is 0 Å². The largest absolute Gasteiger partial charge is 0.478 e. The molecule has 2 aromatic rings. The summed E-state index contributed by atoms with van der Waals surface area (Å²) in [5, 5.41) is 12.1. The number of anilines is 2. The number of nitrogens with zero attached hydrogens (tertiary/aromatic N) is 2. The van der Waals surface area contributed by atoms with Gasteiger partial charge in [0.15, 0.2) is 0 Å². The molecule has 7 heteroatoms. The summed E-state index contributed by atoms with van der Waals surface area (Å²) in [5.41, 5.74) is 0.119. The van der Waals surface area contributed by atoms with E-state index in [1.54, 1.807) is 6.07 Å². The summed E-state index contributed by atoms with van der Waals surface area (Å²) in [4.78, 5) is 30.1. The van der Waals surface area contributed by atoms with Gasteiger partial charge in [-0.3, -0.25) is 4.79 Å². The number of aromatic carboxylic acids is 1. The van der Waals surface area contributed by atoms with E-state index in [2.05, 4.69) is 17.2 Å². The molecule has 1 aliphatic heterocycles. The zero-order chi connectivity index (χ0) is 18.7. The Hall–Kier alpha value is -2.96. The molecule has 2 heterocycles. The molecule has 1 amide bonds. The van der Waals surface area contributed by atoms with Crippen LogP contribution in [0.3, 0.4) is 0 Å². The first-order valence-corrected chi connectivity index (χ1v) is 8.50. The Morgan fingerprint density at radius 1 is 1.31 bits per heavy atom. The predicted octanol–water partition coefficient (Wildman–Crippen LogP) is 3.41. The van der Waals surface area contributed by atoms with Crippen LogP contribution in [0.4, 0.5) is 15.9 Å². The first kappa shape index (κ1) is 17.8. The van der Waals surface area contributed by atoms with E-state index in [1.807, 2.05) is 4.90 Å². The Kier molecular flexibility index (Phi) is 5.16. The molecule has 0 unspecified atom stereocenters. The lowest BCUT2D eigenvalue weighted by molar-refractivity contribution is 0.0696. The summed E-state index contributed by atoms with van der Waals surface area (Å²) < 4.78 is 13.7. The Bertz CT molecular complexity index is 841. The topological polar surface area (TPSA) is 82.5 Å². The maximum Gasteiger partial charge on any atom is 0.339 e. The Balaban J connectivity index is 1.86. The van der Waals surface area contributed by atoms with Gasteiger partial charge in [-0.1, -0.05) is 19.1 Å². The van der Waals surface area contributed by atoms with Gasteiger partial charge in [-0.2, -0.15) is 0 Å². The Morgan fingerprint density at radius 3 is 2.77 bits per heavy atom. The summed E-state index contributed by atoms with van der Waals surface area (Å²) in [6.45, 7) is 3.61. The molecule has 0 radical (unpaired) electrons. The minimum Gasteiger partial charge on any atom is -0.478 e. The second-order valence-electron chi connectivity index (χ2n) is 6.53. The Labute approximate surface area is 150 Å². The Morgan fingerprint density at radius 2 is 2.08 bits per heavy atom. The van der Waals surface area contributed by atoms with Crippen LogP contribution in [-0.4, -0.2) is 35.1 Å². The number of pyridine rings is 1. The van der Waals surface area contributed by atoms with Crippen molar-refractivity contribution in [2.45, 2.75) is 19.8 Å². The zero-order valence-corrected chi connectivity index (χ0v) is 14.4. The number of nitrogens with one attached hydrogen (secondary N) is 1. The molecule has 1 saturated heterocycles. The van der Waals surface area contributed by atoms with Gasteiger partial charge in [0.1, 0.15) is 17.2 Å². The van der Waals surface area contributed by atoms with Crippen molar-refractivity contribution in [1.29, 1.82) is 0 Å². The van der Waals surface area contributed by atoms with Gasteiger partial charge in [-0.05, 0) is 37.0 Å². The fourth-order valence-electron chi connectivity index (χ4n) is 3.16. The van der Waals surface area contributed by atoms with Crippen molar-refractivity contribution in [3.05, 3.63) is 53.5 Å². The fraction of sp³-hybridized carbons (Fsp3) is 0.316. The van der Waals surface area contributed by atoms with Crippen molar-refractivity contribution >= 4 is 23.4 Å². The highest BCUT2D eigenvalue weighted by Gasteiger charge is 2.23. The molecule has 0 bridgehead atoms. The second kappa shape index (κ2) is 7.51. The number of carbonyl (C=O) groups is 2. The number of halogens is 1. The summed E-state index contributed by atoms with van der Waals surface area (Å²) in [6, 6.07) is 6.96. The van der Waals surface area contributed by atoms with Crippen LogP contribution in [0.25, 0.3) is 0 Å². The van der Waals surface area contributed by atoms with Crippen LogP contribution in [0.1, 0.15) is 40.5 Å². The first-order chi connectivity index (χ1) is 12.5. The number of benzene rings is 1. The van der Waals surface area contributed by atoms with Gasteiger partial charge in [-0.25, -0.2) is 14.2 Å². The lowest BCUT2D eigenvalue weighted by Gasteiger charge is -2.32. The normalized spacial score (nSPS) is 17.0. The van der Waals surface area contributed by atoms with Crippen molar-refractivity contribution in [2.75, 3.05) is 23.3 Å². The van der Waals surface area contributed by atoms with Crippen LogP contribution in [0.2, 0.25) is 0 Å². The highest BCUT2D eigenvalue weighted by Crippen LogP contribution is 2.26. The minimum absolute atomic E-state index is 0.0189. The molecular formula is C19H20FN3O3. The minimum atomic E-state index is -1.12. The monoisotopic (exact) mass is 357 g/mol. The smallest absolute Gasteiger partial charge is 0.339 e. The molecule has 1 atom stereocenters. The van der Waals surface area contributed by atoms with E-state index in [9.17, 15) is 19.1 Å². The van der Waals surface area contributed by atoms with Gasteiger partial charge in [-0.15, -0.1) is 0 Å². The lowest BCUT2D eigenvalue weighted by atomic mass is 10.00. The number of carboxylic acids is 1. The van der Waals surface area contributed by atoms with E-state index >= 15 is 0 Å². The summed E-state index contributed by atoms with van der Waals surface area (Å²) in [7, 11) is 0. The molecule has 1 aromatic heterocycles. The van der Waals surface area contributed by atoms with Crippen LogP contribution in [0, 0.1) is 11.7 Å². The van der Waals surface area contributed by atoms with Crippen LogP contribution >= 0.6 is 0 Å². The van der Waals surface area contributed by atoms with Crippen molar-refractivity contribution in [3.8, 4) is 0 Å². The number of carboxylic acid groups (broad SMARTS) is 1. The van der Waals surface area contributed by atoms with Crippen LogP contribution in [0.5, 0.6) is 0 Å². The van der Waals surface area contributed by atoms with Crippen LogP contribution in [0.15, 0.2) is 36.5 Å². The third kappa shape index (κ3) is 3.82. The van der Waals surface area contributed by atoms with Gasteiger partial charge in [0, 0.05) is 13.1 Å². The molecule has 136 valence electrons. The molecule has 2 N–H and O–H groups in total. The van der Waals surface area contributed by atoms with Crippen LogP contribution < -0.4 is 10.2 Å². The summed E-state index contributed by atoms with van der Waals surface area (Å²) in [6.07, 6.45) is 3.49. The van der Waals surface area contributed by atoms with Gasteiger partial charge >= 0.3 is 5.97 Å². The molecule has 1 fully saturated rings. The van der Waals surface area contributed by atoms with Crippen molar-refractivity contribution in [1.82, 2.24) is 4.98 Å². The van der Waals surface area contributed by atoms with E-state index in [0.29, 0.717) is 11.7 Å². The predicted molar refractivity (Wildman–Crippen MR) is 96.2 cm³/mol. The number of hydrogen-bond acceptors (Lipinski definition) is 4. The van der Waals surface area contributed by atoms with E-state index in [1.165, 1.54) is 30.5 Å². The number of amides is 1. The SMILES string of the molecule is C[C@@H]1CCCN(c2ncc(NC(=O)c3ccccc3F)cc2C(=O)O)C1. The molecular weight excluding hydrogens is 337 g/mol. The standard InChI is InChI=1S/C19H20FN3O3/c1-12-5-4-8-23(11-12)17-15(19(25)26)9-13(10-21-17)22-18(24)14-6-2-3-7-16(14)20/h2-3,6-7,9-10,12H,4-5,8,11H2,1H3,(H,22,24)(H,25,26)/t12-/m1/s1. The number of carbonyl (C=O) groups excluding carboxylic acids is 1. The highest BCUT2D eigenvalue weighted by molar-refractivity contribution is 6.05. The van der Waals surface area contributed by atoms with Gasteiger partial charge in [0.25, 0.3) is 5.91 Å². The van der Waals surface area contributed by atoms with Crippen LogP contribution in [-0.2, 0) is 0 Å². The number of rotatable bonds is 4.